The van der Waals surface area contributed by atoms with Crippen molar-refractivity contribution in [2.75, 3.05) is 23.5 Å². The predicted octanol–water partition coefficient (Wildman–Crippen LogP) is 5.40. The molecule has 0 atom stereocenters. The Hall–Kier alpha value is -3.63. The lowest BCUT2D eigenvalue weighted by Crippen LogP contribution is -2.35. The van der Waals surface area contributed by atoms with Gasteiger partial charge in [0.05, 0.1) is 16.8 Å². The van der Waals surface area contributed by atoms with Crippen LogP contribution in [0, 0.1) is 6.92 Å². The van der Waals surface area contributed by atoms with Gasteiger partial charge in [-0.2, -0.15) is 0 Å². The molecule has 8 nitrogen and oxygen atoms in total. The average Bonchev–Trinajstić information content (AvgIpc) is 3.17. The summed E-state index contributed by atoms with van der Waals surface area (Å²) < 4.78 is 12.6. The number of carbonyl (C=O) groups excluding carboxylic acids is 3. The van der Waals surface area contributed by atoms with Crippen molar-refractivity contribution in [1.29, 1.82) is 0 Å². The van der Waals surface area contributed by atoms with Crippen LogP contribution in [-0.2, 0) is 14.4 Å². The quantitative estimate of drug-likeness (QED) is 0.257. The molecule has 1 fully saturated rings. The molecule has 2 N–H and O–H groups in total. The van der Waals surface area contributed by atoms with Gasteiger partial charge in [-0.3, -0.25) is 19.8 Å². The minimum absolute atomic E-state index is 0.0370. The van der Waals surface area contributed by atoms with E-state index in [1.165, 1.54) is 11.1 Å². The van der Waals surface area contributed by atoms with Crippen LogP contribution in [0.5, 0.6) is 11.5 Å². The molecular weight excluding hydrogens is 606 g/mol. The van der Waals surface area contributed by atoms with Crippen LogP contribution in [0.25, 0.3) is 6.08 Å². The number of amides is 3. The number of hydrazine groups is 1. The number of rotatable bonds is 8. The van der Waals surface area contributed by atoms with E-state index in [2.05, 4.69) is 42.6 Å². The summed E-state index contributed by atoms with van der Waals surface area (Å²) in [6.07, 6.45) is 1.48. The fourth-order valence-corrected chi connectivity index (χ4v) is 4.50. The topological polar surface area (TPSA) is 97.0 Å². The molecule has 4 rings (SSSR count). The molecule has 1 saturated heterocycles. The number of nitrogens with zero attached hydrogens (tertiary/aromatic N) is 1. The number of ether oxygens (including phenoxy) is 2. The molecule has 190 valence electrons. The van der Waals surface area contributed by atoms with Crippen molar-refractivity contribution < 1.29 is 23.9 Å². The summed E-state index contributed by atoms with van der Waals surface area (Å²) in [5.41, 5.74) is 5.36. The number of nitrogens with one attached hydrogen (secondary N) is 2. The molecule has 1 aliphatic heterocycles. The second kappa shape index (κ2) is 11.6. The number of halogens is 2. The number of hydrogen-bond acceptors (Lipinski definition) is 5. The van der Waals surface area contributed by atoms with E-state index in [1.807, 2.05) is 44.2 Å². The van der Waals surface area contributed by atoms with Crippen LogP contribution in [0.15, 0.2) is 75.2 Å². The average molecular weight is 629 g/mol. The largest absolute Gasteiger partial charge is 0.490 e. The molecule has 0 bridgehead atoms. The molecule has 3 amide bonds. The molecule has 1 heterocycles. The van der Waals surface area contributed by atoms with Crippen LogP contribution < -0.4 is 25.2 Å². The predicted molar refractivity (Wildman–Crippen MR) is 148 cm³/mol. The Kier molecular flexibility index (Phi) is 8.30. The maximum absolute atomic E-state index is 13.0. The lowest BCUT2D eigenvalue weighted by Gasteiger charge is -2.16. The van der Waals surface area contributed by atoms with Crippen molar-refractivity contribution in [2.45, 2.75) is 13.8 Å². The number of benzene rings is 3. The van der Waals surface area contributed by atoms with Crippen LogP contribution in [-0.4, -0.2) is 30.9 Å². The highest BCUT2D eigenvalue weighted by Crippen LogP contribution is 2.44. The van der Waals surface area contributed by atoms with E-state index in [1.54, 1.807) is 30.3 Å². The Morgan fingerprint density at radius 3 is 2.41 bits per heavy atom. The molecule has 0 unspecified atom stereocenters. The molecule has 37 heavy (non-hydrogen) atoms. The van der Waals surface area contributed by atoms with Gasteiger partial charge in [-0.05, 0) is 87.7 Å². The molecular formula is C27H23Br2N3O5. The van der Waals surface area contributed by atoms with Crippen LogP contribution in [0.2, 0.25) is 0 Å². The lowest BCUT2D eigenvalue weighted by atomic mass is 10.1. The first-order chi connectivity index (χ1) is 17.8. The van der Waals surface area contributed by atoms with Gasteiger partial charge in [-0.15, -0.1) is 0 Å². The maximum Gasteiger partial charge on any atom is 0.282 e. The molecule has 0 spiro atoms. The van der Waals surface area contributed by atoms with Crippen LogP contribution in [0.4, 0.5) is 11.4 Å². The third-order valence-electron chi connectivity index (χ3n) is 5.34. The Morgan fingerprint density at radius 2 is 1.73 bits per heavy atom. The third kappa shape index (κ3) is 6.03. The standard InChI is InChI=1S/C27H23Br2N3O5/c1-3-36-21-14-17(13-20-26(34)31-32(27(20)35)19-7-5-4-6-8-19)23(28)24(29)25(21)37-15-22(33)30-18-11-9-16(2)10-12-18/h4-14H,3,15H2,1-2H3,(H,30,33)(H,31,34)/b20-13-. The van der Waals surface area contributed by atoms with Gasteiger partial charge in [0.2, 0.25) is 0 Å². The summed E-state index contributed by atoms with van der Waals surface area (Å²) in [5, 5.41) is 3.98. The van der Waals surface area contributed by atoms with E-state index in [0.29, 0.717) is 44.0 Å². The summed E-state index contributed by atoms with van der Waals surface area (Å²) in [6.45, 7) is 3.85. The first-order valence-electron chi connectivity index (χ1n) is 11.3. The fourth-order valence-electron chi connectivity index (χ4n) is 3.55. The first-order valence-corrected chi connectivity index (χ1v) is 12.9. The summed E-state index contributed by atoms with van der Waals surface area (Å²) >= 11 is 7.00. The van der Waals surface area contributed by atoms with Gasteiger partial charge in [0.25, 0.3) is 17.7 Å². The zero-order chi connectivity index (χ0) is 26.5. The Bertz CT molecular complexity index is 1380. The van der Waals surface area contributed by atoms with Crippen LogP contribution in [0.3, 0.4) is 0 Å². The maximum atomic E-state index is 13.0. The molecule has 10 heteroatoms. The fraction of sp³-hybridized carbons (Fsp3) is 0.148. The molecule has 0 aromatic heterocycles. The van der Waals surface area contributed by atoms with Gasteiger partial charge in [0.1, 0.15) is 5.57 Å². The molecule has 0 radical (unpaired) electrons. The SMILES string of the molecule is CCOc1cc(/C=C2/C(=O)NN(c3ccccc3)C2=O)c(Br)c(Br)c1OCC(=O)Nc1ccc(C)cc1. The highest BCUT2D eigenvalue weighted by atomic mass is 79.9. The normalized spacial score (nSPS) is 14.1. The summed E-state index contributed by atoms with van der Waals surface area (Å²) in [6, 6.07) is 17.9. The van der Waals surface area contributed by atoms with E-state index < -0.39 is 11.8 Å². The second-order valence-corrected chi connectivity index (χ2v) is 9.62. The zero-order valence-corrected chi connectivity index (χ0v) is 23.2. The third-order valence-corrected chi connectivity index (χ3v) is 7.49. The highest BCUT2D eigenvalue weighted by molar-refractivity contribution is 9.13. The summed E-state index contributed by atoms with van der Waals surface area (Å²) in [4.78, 5) is 38.1. The highest BCUT2D eigenvalue weighted by Gasteiger charge is 2.34. The Balaban J connectivity index is 1.57. The summed E-state index contributed by atoms with van der Waals surface area (Å²) in [5.74, 6) is -0.690. The van der Waals surface area contributed by atoms with Crippen LogP contribution in [0.1, 0.15) is 18.1 Å². The first kappa shape index (κ1) is 26.4. The minimum Gasteiger partial charge on any atom is -0.490 e. The van der Waals surface area contributed by atoms with Crippen molar-refractivity contribution in [3.8, 4) is 11.5 Å². The number of anilines is 2. The van der Waals surface area contributed by atoms with E-state index in [0.717, 1.165) is 5.56 Å². The number of para-hydroxylation sites is 1. The van der Waals surface area contributed by atoms with Crippen molar-refractivity contribution in [2.24, 2.45) is 0 Å². The van der Waals surface area contributed by atoms with E-state index in [9.17, 15) is 14.4 Å². The lowest BCUT2D eigenvalue weighted by molar-refractivity contribution is -0.118. The molecule has 0 saturated carbocycles. The van der Waals surface area contributed by atoms with Gasteiger partial charge in [-0.25, -0.2) is 5.01 Å². The van der Waals surface area contributed by atoms with E-state index in [-0.39, 0.29) is 18.1 Å². The van der Waals surface area contributed by atoms with Gasteiger partial charge in [0, 0.05) is 10.2 Å². The second-order valence-electron chi connectivity index (χ2n) is 8.03. The van der Waals surface area contributed by atoms with Gasteiger partial charge >= 0.3 is 0 Å². The van der Waals surface area contributed by atoms with Gasteiger partial charge in [0.15, 0.2) is 18.1 Å². The van der Waals surface area contributed by atoms with Crippen LogP contribution >= 0.6 is 31.9 Å². The zero-order valence-electron chi connectivity index (χ0n) is 20.0. The molecule has 0 aliphatic carbocycles. The van der Waals surface area contributed by atoms with E-state index in [4.69, 9.17) is 9.47 Å². The van der Waals surface area contributed by atoms with Gasteiger partial charge < -0.3 is 14.8 Å². The van der Waals surface area contributed by atoms with Crippen molar-refractivity contribution in [3.05, 3.63) is 86.3 Å². The molecule has 3 aromatic carbocycles. The molecule has 1 aliphatic rings. The van der Waals surface area contributed by atoms with Crippen molar-refractivity contribution >= 4 is 67.0 Å². The number of hydrogen-bond donors (Lipinski definition) is 2. The number of aryl methyl sites for hydroxylation is 1. The van der Waals surface area contributed by atoms with Crippen molar-refractivity contribution in [1.82, 2.24) is 5.43 Å². The Labute approximate surface area is 230 Å². The number of carbonyl (C=O) groups is 3. The Morgan fingerprint density at radius 1 is 1.03 bits per heavy atom. The summed E-state index contributed by atoms with van der Waals surface area (Å²) in [7, 11) is 0. The molecule has 3 aromatic rings. The smallest absolute Gasteiger partial charge is 0.282 e. The minimum atomic E-state index is -0.525. The van der Waals surface area contributed by atoms with E-state index >= 15 is 0 Å². The monoisotopic (exact) mass is 627 g/mol. The van der Waals surface area contributed by atoms with Gasteiger partial charge in [-0.1, -0.05) is 35.9 Å². The van der Waals surface area contributed by atoms with Crippen molar-refractivity contribution in [3.63, 3.8) is 0 Å².